The zero-order chi connectivity index (χ0) is 13.0. The third-order valence-corrected chi connectivity index (χ3v) is 4.39. The quantitative estimate of drug-likeness (QED) is 0.878. The first kappa shape index (κ1) is 13.8. The van der Waals surface area contributed by atoms with Gasteiger partial charge in [-0.05, 0) is 24.3 Å². The highest BCUT2D eigenvalue weighted by Gasteiger charge is 2.31. The minimum Gasteiger partial charge on any atom is -0.492 e. The Morgan fingerprint density at radius 1 is 1.39 bits per heavy atom. The molecule has 0 bridgehead atoms. The maximum atomic E-state index is 5.89. The zero-order valence-electron chi connectivity index (χ0n) is 11.5. The van der Waals surface area contributed by atoms with Crippen molar-refractivity contribution >= 4 is 11.8 Å². The summed E-state index contributed by atoms with van der Waals surface area (Å²) in [6, 6.07) is 8.83. The van der Waals surface area contributed by atoms with Crippen LogP contribution in [-0.2, 0) is 0 Å². The lowest BCUT2D eigenvalue weighted by atomic mass is 10.00. The molecule has 100 valence electrons. The number of rotatable bonds is 5. The summed E-state index contributed by atoms with van der Waals surface area (Å²) in [6.45, 7) is 8.59. The Kier molecular flexibility index (Phi) is 4.95. The van der Waals surface area contributed by atoms with Gasteiger partial charge in [-0.2, -0.15) is 11.8 Å². The summed E-state index contributed by atoms with van der Waals surface area (Å²) >= 11 is 2.01. The van der Waals surface area contributed by atoms with Gasteiger partial charge in [-0.25, -0.2) is 0 Å². The Labute approximate surface area is 114 Å². The number of hydrogen-bond donors (Lipinski definition) is 1. The summed E-state index contributed by atoms with van der Waals surface area (Å²) in [5, 5.41) is 4.82. The second-order valence-electron chi connectivity index (χ2n) is 5.00. The molecule has 1 aromatic carbocycles. The number of benzene rings is 1. The van der Waals surface area contributed by atoms with E-state index in [0.29, 0.717) is 16.5 Å². The summed E-state index contributed by atoms with van der Waals surface area (Å²) in [6.07, 6.45) is 1.17. The molecule has 2 nitrogen and oxygen atoms in total. The van der Waals surface area contributed by atoms with Crippen molar-refractivity contribution < 1.29 is 4.74 Å². The average molecular weight is 265 g/mol. The molecule has 1 heterocycles. The largest absolute Gasteiger partial charge is 0.492 e. The van der Waals surface area contributed by atoms with E-state index in [1.165, 1.54) is 12.0 Å². The average Bonchev–Trinajstić information content (AvgIpc) is 2.37. The summed E-state index contributed by atoms with van der Waals surface area (Å²) in [5.41, 5.74) is 1.32. The Hall–Kier alpha value is -0.670. The number of ether oxygens (including phenoxy) is 1. The summed E-state index contributed by atoms with van der Waals surface area (Å²) in [5.74, 6) is 1.05. The molecule has 2 atom stereocenters. The van der Waals surface area contributed by atoms with Crippen molar-refractivity contribution in [2.75, 3.05) is 13.2 Å². The van der Waals surface area contributed by atoms with E-state index in [4.69, 9.17) is 4.74 Å². The van der Waals surface area contributed by atoms with Gasteiger partial charge in [-0.1, -0.05) is 39.0 Å². The Morgan fingerprint density at radius 2 is 2.17 bits per heavy atom. The first-order chi connectivity index (χ1) is 8.72. The number of fused-ring (bicyclic) bond motifs is 1. The Balaban J connectivity index is 2.19. The van der Waals surface area contributed by atoms with E-state index in [-0.39, 0.29) is 0 Å². The highest BCUT2D eigenvalue weighted by atomic mass is 32.2. The molecule has 0 fully saturated rings. The molecule has 3 heteroatoms. The molecule has 0 spiro atoms. The minimum atomic E-state index is 0.419. The molecule has 1 N–H and O–H groups in total. The molecule has 2 unspecified atom stereocenters. The van der Waals surface area contributed by atoms with Gasteiger partial charge in [0.25, 0.3) is 0 Å². The number of thioether (sulfide) groups is 1. The number of nitrogens with one attached hydrogen (secondary N) is 1. The van der Waals surface area contributed by atoms with E-state index in [1.54, 1.807) is 0 Å². The van der Waals surface area contributed by atoms with Crippen molar-refractivity contribution in [2.24, 2.45) is 0 Å². The normalized spacial score (nSPS) is 22.7. The molecule has 1 aliphatic heterocycles. The topological polar surface area (TPSA) is 21.3 Å². The van der Waals surface area contributed by atoms with Crippen LogP contribution >= 0.6 is 11.8 Å². The fourth-order valence-electron chi connectivity index (χ4n) is 2.35. The van der Waals surface area contributed by atoms with Crippen LogP contribution in [0.5, 0.6) is 5.75 Å². The van der Waals surface area contributed by atoms with Gasteiger partial charge in [0.15, 0.2) is 0 Å². The second kappa shape index (κ2) is 6.48. The van der Waals surface area contributed by atoms with Crippen molar-refractivity contribution in [1.82, 2.24) is 5.32 Å². The van der Waals surface area contributed by atoms with Gasteiger partial charge in [0.1, 0.15) is 12.4 Å². The SMILES string of the molecule is CCCNC1c2ccccc2OCC1SC(C)C. The van der Waals surface area contributed by atoms with Gasteiger partial charge in [0.2, 0.25) is 0 Å². The molecule has 0 amide bonds. The predicted molar refractivity (Wildman–Crippen MR) is 79.5 cm³/mol. The molecule has 1 aliphatic rings. The maximum Gasteiger partial charge on any atom is 0.124 e. The summed E-state index contributed by atoms with van der Waals surface area (Å²) < 4.78 is 5.89. The molecule has 18 heavy (non-hydrogen) atoms. The first-order valence-electron chi connectivity index (χ1n) is 6.83. The van der Waals surface area contributed by atoms with Crippen molar-refractivity contribution in [3.63, 3.8) is 0 Å². The van der Waals surface area contributed by atoms with Gasteiger partial charge in [-0.15, -0.1) is 0 Å². The Morgan fingerprint density at radius 3 is 2.89 bits per heavy atom. The fourth-order valence-corrected chi connectivity index (χ4v) is 3.59. The van der Waals surface area contributed by atoms with E-state index in [9.17, 15) is 0 Å². The van der Waals surface area contributed by atoms with Crippen molar-refractivity contribution in [3.05, 3.63) is 29.8 Å². The fraction of sp³-hybridized carbons (Fsp3) is 0.600. The van der Waals surface area contributed by atoms with Gasteiger partial charge in [-0.3, -0.25) is 0 Å². The van der Waals surface area contributed by atoms with Crippen LogP contribution in [0, 0.1) is 0 Å². The van der Waals surface area contributed by atoms with E-state index < -0.39 is 0 Å². The Bertz CT molecular complexity index is 381. The predicted octanol–water partition coefficient (Wildman–Crippen LogP) is 3.63. The lowest BCUT2D eigenvalue weighted by Crippen LogP contribution is -2.38. The smallest absolute Gasteiger partial charge is 0.124 e. The molecule has 0 radical (unpaired) electrons. The highest BCUT2D eigenvalue weighted by Crippen LogP contribution is 2.38. The maximum absolute atomic E-state index is 5.89. The van der Waals surface area contributed by atoms with Gasteiger partial charge < -0.3 is 10.1 Å². The molecule has 2 rings (SSSR count). The standard InChI is InChI=1S/C15H23NOS/c1-4-9-16-15-12-7-5-6-8-13(12)17-10-14(15)18-11(2)3/h5-8,11,14-16H,4,9-10H2,1-3H3. The highest BCUT2D eigenvalue weighted by molar-refractivity contribution is 8.00. The summed E-state index contributed by atoms with van der Waals surface area (Å²) in [4.78, 5) is 0. The molecular weight excluding hydrogens is 242 g/mol. The van der Waals surface area contributed by atoms with Crippen LogP contribution in [0.25, 0.3) is 0 Å². The molecule has 0 aromatic heterocycles. The van der Waals surface area contributed by atoms with Crippen molar-refractivity contribution in [1.29, 1.82) is 0 Å². The molecular formula is C15H23NOS. The van der Waals surface area contributed by atoms with Crippen LogP contribution in [-0.4, -0.2) is 23.7 Å². The van der Waals surface area contributed by atoms with E-state index >= 15 is 0 Å². The molecule has 0 saturated carbocycles. The van der Waals surface area contributed by atoms with Crippen LogP contribution in [0.4, 0.5) is 0 Å². The van der Waals surface area contributed by atoms with Gasteiger partial charge in [0.05, 0.1) is 11.3 Å². The third kappa shape index (κ3) is 3.21. The minimum absolute atomic E-state index is 0.419. The number of hydrogen-bond acceptors (Lipinski definition) is 3. The van der Waals surface area contributed by atoms with Crippen LogP contribution in [0.2, 0.25) is 0 Å². The lowest BCUT2D eigenvalue weighted by Gasteiger charge is -2.34. The van der Waals surface area contributed by atoms with Crippen LogP contribution < -0.4 is 10.1 Å². The van der Waals surface area contributed by atoms with Gasteiger partial charge >= 0.3 is 0 Å². The van der Waals surface area contributed by atoms with E-state index in [2.05, 4.69) is 44.3 Å². The van der Waals surface area contributed by atoms with E-state index in [0.717, 1.165) is 18.9 Å². The lowest BCUT2D eigenvalue weighted by molar-refractivity contribution is 0.260. The van der Waals surface area contributed by atoms with Crippen molar-refractivity contribution in [2.45, 2.75) is 43.7 Å². The molecule has 1 aromatic rings. The van der Waals surface area contributed by atoms with E-state index in [1.807, 2.05) is 17.8 Å². The first-order valence-corrected chi connectivity index (χ1v) is 7.77. The van der Waals surface area contributed by atoms with Crippen LogP contribution in [0.3, 0.4) is 0 Å². The molecule has 0 saturated heterocycles. The zero-order valence-corrected chi connectivity index (χ0v) is 12.3. The second-order valence-corrected chi connectivity index (χ2v) is 6.82. The monoisotopic (exact) mass is 265 g/mol. The van der Waals surface area contributed by atoms with Crippen LogP contribution in [0.15, 0.2) is 24.3 Å². The molecule has 0 aliphatic carbocycles. The van der Waals surface area contributed by atoms with Gasteiger partial charge in [0, 0.05) is 5.56 Å². The third-order valence-electron chi connectivity index (χ3n) is 3.09. The van der Waals surface area contributed by atoms with Crippen molar-refractivity contribution in [3.8, 4) is 5.75 Å². The summed E-state index contributed by atoms with van der Waals surface area (Å²) in [7, 11) is 0. The number of para-hydroxylation sites is 1. The van der Waals surface area contributed by atoms with Crippen LogP contribution in [0.1, 0.15) is 38.8 Å².